The highest BCUT2D eigenvalue weighted by atomic mass is 19.2. The molecule has 0 saturated carbocycles. The van der Waals surface area contributed by atoms with Gasteiger partial charge in [0.1, 0.15) is 0 Å². The van der Waals surface area contributed by atoms with Gasteiger partial charge < -0.3 is 15.1 Å². The minimum atomic E-state index is -1.63. The molecule has 2 N–H and O–H groups in total. The van der Waals surface area contributed by atoms with E-state index in [0.717, 1.165) is 38.1 Å². The molecule has 1 atom stereocenters. The first kappa shape index (κ1) is 19.2. The number of piperidine rings is 1. The molecule has 138 valence electrons. The number of amides is 2. The van der Waals surface area contributed by atoms with Crippen molar-refractivity contribution in [1.29, 1.82) is 0 Å². The molecule has 5 nitrogen and oxygen atoms in total. The number of halogens is 3. The zero-order valence-corrected chi connectivity index (χ0v) is 14.4. The van der Waals surface area contributed by atoms with Gasteiger partial charge in [-0.3, -0.25) is 9.59 Å². The molecule has 1 aromatic rings. The van der Waals surface area contributed by atoms with Crippen LogP contribution in [0.25, 0.3) is 0 Å². The van der Waals surface area contributed by atoms with Crippen LogP contribution in [0.3, 0.4) is 0 Å². The molecule has 0 spiro atoms. The summed E-state index contributed by atoms with van der Waals surface area (Å²) in [5, 5.41) is 2.20. The van der Waals surface area contributed by atoms with Crippen molar-refractivity contribution in [2.24, 2.45) is 5.92 Å². The van der Waals surface area contributed by atoms with Crippen molar-refractivity contribution in [2.45, 2.75) is 19.8 Å². The Kier molecular flexibility index (Phi) is 6.41. The van der Waals surface area contributed by atoms with Gasteiger partial charge in [-0.2, -0.15) is 0 Å². The van der Waals surface area contributed by atoms with Crippen molar-refractivity contribution in [1.82, 2.24) is 4.90 Å². The topological polar surface area (TPSA) is 53.9 Å². The summed E-state index contributed by atoms with van der Waals surface area (Å²) in [5.74, 6) is -4.39. The number of nitrogens with zero attached hydrogens (tertiary/aromatic N) is 1. The fraction of sp³-hybridized carbons (Fsp3) is 0.529. The van der Waals surface area contributed by atoms with Crippen molar-refractivity contribution in [2.75, 3.05) is 38.5 Å². The second-order valence-electron chi connectivity index (χ2n) is 6.65. The van der Waals surface area contributed by atoms with E-state index < -0.39 is 29.0 Å². The molecule has 0 aliphatic carbocycles. The van der Waals surface area contributed by atoms with Crippen LogP contribution in [0.4, 0.5) is 18.9 Å². The predicted molar refractivity (Wildman–Crippen MR) is 86.5 cm³/mol. The van der Waals surface area contributed by atoms with Crippen molar-refractivity contribution < 1.29 is 27.7 Å². The summed E-state index contributed by atoms with van der Waals surface area (Å²) in [6, 6.07) is 1.70. The van der Waals surface area contributed by atoms with E-state index in [4.69, 9.17) is 0 Å². The second kappa shape index (κ2) is 8.33. The van der Waals surface area contributed by atoms with E-state index in [1.807, 2.05) is 0 Å². The summed E-state index contributed by atoms with van der Waals surface area (Å²) >= 11 is 0. The molecule has 2 rings (SSSR count). The summed E-state index contributed by atoms with van der Waals surface area (Å²) in [6.45, 7) is 3.65. The molecule has 0 bridgehead atoms. The molecular weight excluding hydrogens is 335 g/mol. The van der Waals surface area contributed by atoms with Crippen molar-refractivity contribution in [3.8, 4) is 0 Å². The van der Waals surface area contributed by atoms with Crippen LogP contribution in [0, 0.1) is 23.4 Å². The van der Waals surface area contributed by atoms with Crippen LogP contribution in [0.15, 0.2) is 12.1 Å². The minimum absolute atomic E-state index is 0.0313. The molecule has 0 radical (unpaired) electrons. The van der Waals surface area contributed by atoms with Gasteiger partial charge in [0.2, 0.25) is 0 Å². The van der Waals surface area contributed by atoms with E-state index in [1.54, 1.807) is 11.9 Å². The number of likely N-dealkylation sites (N-methyl/N-ethyl adjacent to an activating group) is 1. The van der Waals surface area contributed by atoms with Gasteiger partial charge in [-0.25, -0.2) is 13.2 Å². The van der Waals surface area contributed by atoms with Gasteiger partial charge in [0.25, 0.3) is 11.8 Å². The first-order chi connectivity index (χ1) is 11.8. The van der Waals surface area contributed by atoms with Gasteiger partial charge in [-0.05, 0) is 30.9 Å². The minimum Gasteiger partial charge on any atom is -0.338 e. The summed E-state index contributed by atoms with van der Waals surface area (Å²) in [7, 11) is 1.67. The Morgan fingerprint density at radius 3 is 2.44 bits per heavy atom. The maximum atomic E-state index is 13.5. The lowest BCUT2D eigenvalue weighted by Gasteiger charge is -2.30. The number of carbonyl (C=O) groups is 2. The highest BCUT2D eigenvalue weighted by molar-refractivity contribution is 5.91. The molecule has 1 heterocycles. The molecule has 8 heteroatoms. The first-order valence-electron chi connectivity index (χ1n) is 8.30. The Balaban J connectivity index is 1.84. The van der Waals surface area contributed by atoms with Gasteiger partial charge >= 0.3 is 0 Å². The van der Waals surface area contributed by atoms with Crippen molar-refractivity contribution >= 4 is 17.5 Å². The highest BCUT2D eigenvalue weighted by Crippen LogP contribution is 2.19. The van der Waals surface area contributed by atoms with Gasteiger partial charge in [0, 0.05) is 13.1 Å². The van der Waals surface area contributed by atoms with Crippen LogP contribution in [0.5, 0.6) is 0 Å². The van der Waals surface area contributed by atoms with Crippen molar-refractivity contribution in [3.05, 3.63) is 29.6 Å². The van der Waals surface area contributed by atoms with Crippen LogP contribution >= 0.6 is 0 Å². The van der Waals surface area contributed by atoms with Crippen LogP contribution in [0.2, 0.25) is 0 Å². The first-order valence-corrected chi connectivity index (χ1v) is 8.30. The van der Waals surface area contributed by atoms with Gasteiger partial charge in [-0.1, -0.05) is 6.92 Å². The summed E-state index contributed by atoms with van der Waals surface area (Å²) < 4.78 is 39.6. The van der Waals surface area contributed by atoms with Crippen LogP contribution < -0.4 is 10.2 Å². The number of carbonyl (C=O) groups excluding carboxylic acids is 2. The zero-order chi connectivity index (χ0) is 18.6. The molecule has 1 saturated heterocycles. The lowest BCUT2D eigenvalue weighted by molar-refractivity contribution is -0.862. The van der Waals surface area contributed by atoms with E-state index >= 15 is 0 Å². The molecule has 25 heavy (non-hydrogen) atoms. The van der Waals surface area contributed by atoms with E-state index in [1.165, 1.54) is 0 Å². The number of hydrogen-bond acceptors (Lipinski definition) is 2. The molecule has 1 fully saturated rings. The number of likely N-dealkylation sites (tertiary alicyclic amines) is 1. The number of nitrogens with one attached hydrogen (secondary N) is 2. The Bertz CT molecular complexity index is 646. The monoisotopic (exact) mass is 358 g/mol. The number of hydrogen-bond donors (Lipinski definition) is 2. The SMILES string of the molecule is CC1CCN(C(=O)C[NH+](C)CC(=O)Nc2ccc(F)c(F)c2F)CC1. The lowest BCUT2D eigenvalue weighted by atomic mass is 9.99. The largest absolute Gasteiger partial charge is 0.338 e. The molecule has 1 aliphatic heterocycles. The predicted octanol–water partition coefficient (Wildman–Crippen LogP) is 0.816. The fourth-order valence-corrected chi connectivity index (χ4v) is 2.78. The van der Waals surface area contributed by atoms with Gasteiger partial charge in [-0.15, -0.1) is 0 Å². The van der Waals surface area contributed by atoms with Gasteiger partial charge in [0.05, 0.1) is 12.7 Å². The normalized spacial score (nSPS) is 16.6. The quantitative estimate of drug-likeness (QED) is 0.766. The summed E-state index contributed by atoms with van der Waals surface area (Å²) in [6.07, 6.45) is 1.95. The Morgan fingerprint density at radius 2 is 1.80 bits per heavy atom. The van der Waals surface area contributed by atoms with Crippen LogP contribution in [-0.4, -0.2) is 49.9 Å². The lowest BCUT2D eigenvalue weighted by Crippen LogP contribution is -3.11. The third-order valence-electron chi connectivity index (χ3n) is 4.36. The molecule has 1 unspecified atom stereocenters. The number of quaternary nitrogens is 1. The van der Waals surface area contributed by atoms with E-state index in [9.17, 15) is 22.8 Å². The van der Waals surface area contributed by atoms with E-state index in [2.05, 4.69) is 12.2 Å². The molecule has 0 aromatic heterocycles. The van der Waals surface area contributed by atoms with Crippen molar-refractivity contribution in [3.63, 3.8) is 0 Å². The van der Waals surface area contributed by atoms with Crippen LogP contribution in [0.1, 0.15) is 19.8 Å². The Labute approximate surface area is 144 Å². The smallest absolute Gasteiger partial charge is 0.279 e. The number of anilines is 1. The molecule has 1 aliphatic rings. The standard InChI is InChI=1S/C17H22F3N3O2/c1-11-5-7-23(8-6-11)15(25)10-22(2)9-14(24)21-13-4-3-12(18)16(19)17(13)20/h3-4,11H,5-10H2,1-2H3,(H,21,24)/p+1. The second-order valence-corrected chi connectivity index (χ2v) is 6.65. The number of benzene rings is 1. The van der Waals surface area contributed by atoms with Crippen LogP contribution in [-0.2, 0) is 9.59 Å². The maximum Gasteiger partial charge on any atom is 0.279 e. The molecule has 2 amide bonds. The Hall–Kier alpha value is -2.09. The van der Waals surface area contributed by atoms with Gasteiger partial charge in [0.15, 0.2) is 30.5 Å². The van der Waals surface area contributed by atoms with E-state index in [0.29, 0.717) is 10.8 Å². The van der Waals surface area contributed by atoms with E-state index in [-0.39, 0.29) is 19.0 Å². The molecular formula is C17H23F3N3O2+. The fourth-order valence-electron chi connectivity index (χ4n) is 2.78. The molecule has 1 aromatic carbocycles. The maximum absolute atomic E-state index is 13.5. The third-order valence-corrected chi connectivity index (χ3v) is 4.36. The summed E-state index contributed by atoms with van der Waals surface area (Å²) in [5.41, 5.74) is -0.423. The highest BCUT2D eigenvalue weighted by Gasteiger charge is 2.24. The summed E-state index contributed by atoms with van der Waals surface area (Å²) in [4.78, 5) is 26.6. The Morgan fingerprint density at radius 1 is 1.16 bits per heavy atom. The third kappa shape index (κ3) is 5.19. The zero-order valence-electron chi connectivity index (χ0n) is 14.4. The average Bonchev–Trinajstić information content (AvgIpc) is 2.55. The average molecular weight is 358 g/mol. The number of rotatable bonds is 5.